The molecule has 5 heteroatoms. The Kier molecular flexibility index (Phi) is 6.93. The first kappa shape index (κ1) is 16.7. The van der Waals surface area contributed by atoms with Crippen molar-refractivity contribution in [3.05, 3.63) is 34.9 Å². The van der Waals surface area contributed by atoms with E-state index in [0.29, 0.717) is 24.6 Å². The zero-order chi connectivity index (χ0) is 15.1. The number of rotatable bonds is 7. The lowest BCUT2D eigenvalue weighted by molar-refractivity contribution is -0.00650. The Balaban J connectivity index is 1.73. The summed E-state index contributed by atoms with van der Waals surface area (Å²) >= 11 is 5.95. The van der Waals surface area contributed by atoms with Gasteiger partial charge in [-0.3, -0.25) is 0 Å². The SMILES string of the molecule is OCCCOC1CCN(CC(O)c2cccc(Cl)c2)CC1. The molecule has 1 saturated heterocycles. The first-order valence-corrected chi connectivity index (χ1v) is 7.95. The summed E-state index contributed by atoms with van der Waals surface area (Å²) in [5, 5.41) is 19.7. The van der Waals surface area contributed by atoms with Gasteiger partial charge in [-0.05, 0) is 37.0 Å². The highest BCUT2D eigenvalue weighted by Crippen LogP contribution is 2.21. The van der Waals surface area contributed by atoms with Gasteiger partial charge in [0.2, 0.25) is 0 Å². The van der Waals surface area contributed by atoms with E-state index in [-0.39, 0.29) is 12.7 Å². The lowest BCUT2D eigenvalue weighted by Crippen LogP contribution is -2.39. The van der Waals surface area contributed by atoms with E-state index < -0.39 is 6.10 Å². The number of hydrogen-bond acceptors (Lipinski definition) is 4. The van der Waals surface area contributed by atoms with Crippen LogP contribution in [0, 0.1) is 0 Å². The van der Waals surface area contributed by atoms with Gasteiger partial charge in [-0.2, -0.15) is 0 Å². The first-order chi connectivity index (χ1) is 10.2. The molecule has 1 aliphatic rings. The number of likely N-dealkylation sites (tertiary alicyclic amines) is 1. The van der Waals surface area contributed by atoms with Crippen LogP contribution in [0.1, 0.15) is 30.9 Å². The highest BCUT2D eigenvalue weighted by molar-refractivity contribution is 6.30. The van der Waals surface area contributed by atoms with Crippen molar-refractivity contribution in [2.75, 3.05) is 32.8 Å². The Labute approximate surface area is 131 Å². The molecule has 1 aliphatic heterocycles. The molecule has 0 radical (unpaired) electrons. The zero-order valence-electron chi connectivity index (χ0n) is 12.2. The fourth-order valence-electron chi connectivity index (χ4n) is 2.64. The minimum absolute atomic E-state index is 0.185. The molecule has 0 spiro atoms. The van der Waals surface area contributed by atoms with Crippen LogP contribution in [0.3, 0.4) is 0 Å². The minimum Gasteiger partial charge on any atom is -0.396 e. The van der Waals surface area contributed by atoms with Gasteiger partial charge in [-0.25, -0.2) is 0 Å². The monoisotopic (exact) mass is 313 g/mol. The highest BCUT2D eigenvalue weighted by atomic mass is 35.5. The lowest BCUT2D eigenvalue weighted by Gasteiger charge is -2.33. The van der Waals surface area contributed by atoms with E-state index in [1.54, 1.807) is 0 Å². The molecule has 0 bridgehead atoms. The van der Waals surface area contributed by atoms with Crippen LogP contribution < -0.4 is 0 Å². The second kappa shape index (κ2) is 8.71. The fraction of sp³-hybridized carbons (Fsp3) is 0.625. The molecular formula is C16H24ClNO3. The Morgan fingerprint density at radius 3 is 2.76 bits per heavy atom. The van der Waals surface area contributed by atoms with Gasteiger partial charge in [0, 0.05) is 37.9 Å². The van der Waals surface area contributed by atoms with Gasteiger partial charge < -0.3 is 19.8 Å². The lowest BCUT2D eigenvalue weighted by atomic mass is 10.0. The number of ether oxygens (including phenoxy) is 1. The van der Waals surface area contributed by atoms with Crippen molar-refractivity contribution in [3.8, 4) is 0 Å². The van der Waals surface area contributed by atoms with Crippen LogP contribution in [-0.2, 0) is 4.74 Å². The van der Waals surface area contributed by atoms with Crippen molar-refractivity contribution in [1.29, 1.82) is 0 Å². The number of aliphatic hydroxyl groups is 2. The van der Waals surface area contributed by atoms with Gasteiger partial charge in [-0.1, -0.05) is 23.7 Å². The number of hydrogen-bond donors (Lipinski definition) is 2. The number of benzene rings is 1. The van der Waals surface area contributed by atoms with Gasteiger partial charge >= 0.3 is 0 Å². The molecule has 0 amide bonds. The van der Waals surface area contributed by atoms with Crippen molar-refractivity contribution in [1.82, 2.24) is 4.90 Å². The van der Waals surface area contributed by atoms with Gasteiger partial charge in [0.15, 0.2) is 0 Å². The second-order valence-corrected chi connectivity index (χ2v) is 5.96. The van der Waals surface area contributed by atoms with E-state index in [2.05, 4.69) is 4.90 Å². The maximum Gasteiger partial charge on any atom is 0.0917 e. The predicted molar refractivity (Wildman–Crippen MR) is 83.5 cm³/mol. The molecule has 2 N–H and O–H groups in total. The van der Waals surface area contributed by atoms with Gasteiger partial charge in [-0.15, -0.1) is 0 Å². The maximum atomic E-state index is 10.3. The van der Waals surface area contributed by atoms with E-state index in [4.69, 9.17) is 21.4 Å². The molecule has 4 nitrogen and oxygen atoms in total. The van der Waals surface area contributed by atoms with E-state index in [9.17, 15) is 5.11 Å². The maximum absolute atomic E-state index is 10.3. The molecule has 1 aromatic rings. The van der Waals surface area contributed by atoms with Crippen LogP contribution in [-0.4, -0.2) is 54.1 Å². The summed E-state index contributed by atoms with van der Waals surface area (Å²) in [6, 6.07) is 7.40. The number of β-amino-alcohol motifs (C(OH)–C–C–N with tert-alkyl or cyclic N) is 1. The van der Waals surface area contributed by atoms with Crippen LogP contribution in [0.25, 0.3) is 0 Å². The molecular weight excluding hydrogens is 290 g/mol. The summed E-state index contributed by atoms with van der Waals surface area (Å²) in [6.45, 7) is 3.31. The molecule has 0 aliphatic carbocycles. The van der Waals surface area contributed by atoms with Gasteiger partial charge in [0.05, 0.1) is 12.2 Å². The Morgan fingerprint density at radius 2 is 2.10 bits per heavy atom. The van der Waals surface area contributed by atoms with Crippen LogP contribution in [0.15, 0.2) is 24.3 Å². The molecule has 21 heavy (non-hydrogen) atoms. The second-order valence-electron chi connectivity index (χ2n) is 5.52. The molecule has 118 valence electrons. The summed E-state index contributed by atoms with van der Waals surface area (Å²) < 4.78 is 5.71. The molecule has 1 fully saturated rings. The molecule has 0 saturated carbocycles. The average Bonchev–Trinajstić information content (AvgIpc) is 2.49. The van der Waals surface area contributed by atoms with Crippen molar-refractivity contribution < 1.29 is 14.9 Å². The topological polar surface area (TPSA) is 52.9 Å². The molecule has 1 heterocycles. The molecule has 1 atom stereocenters. The normalized spacial score (nSPS) is 18.8. The number of nitrogens with zero attached hydrogens (tertiary/aromatic N) is 1. The molecule has 2 rings (SSSR count). The number of halogens is 1. The van der Waals surface area contributed by atoms with E-state index >= 15 is 0 Å². The third kappa shape index (κ3) is 5.57. The Hall–Kier alpha value is -0.650. The predicted octanol–water partition coefficient (Wildman–Crippen LogP) is 2.24. The fourth-order valence-corrected chi connectivity index (χ4v) is 2.84. The largest absolute Gasteiger partial charge is 0.396 e. The van der Waals surface area contributed by atoms with Crippen LogP contribution in [0.2, 0.25) is 5.02 Å². The average molecular weight is 314 g/mol. The summed E-state index contributed by atoms with van der Waals surface area (Å²) in [6.07, 6.45) is 2.45. The Bertz CT molecular complexity index is 422. The molecule has 1 unspecified atom stereocenters. The van der Waals surface area contributed by atoms with Crippen LogP contribution in [0.4, 0.5) is 0 Å². The standard InChI is InChI=1S/C16H24ClNO3/c17-14-4-1-3-13(11-14)16(20)12-18-7-5-15(6-8-18)21-10-2-9-19/h1,3-4,11,15-16,19-20H,2,5-10,12H2. The quantitative estimate of drug-likeness (QED) is 0.758. The summed E-state index contributed by atoms with van der Waals surface area (Å²) in [7, 11) is 0. The number of aliphatic hydroxyl groups excluding tert-OH is 2. The minimum atomic E-state index is -0.504. The van der Waals surface area contributed by atoms with Crippen LogP contribution in [0.5, 0.6) is 0 Å². The first-order valence-electron chi connectivity index (χ1n) is 7.57. The smallest absolute Gasteiger partial charge is 0.0917 e. The van der Waals surface area contributed by atoms with Crippen molar-refractivity contribution in [2.24, 2.45) is 0 Å². The Morgan fingerprint density at radius 1 is 1.33 bits per heavy atom. The van der Waals surface area contributed by atoms with E-state index in [0.717, 1.165) is 31.5 Å². The van der Waals surface area contributed by atoms with Crippen molar-refractivity contribution in [3.63, 3.8) is 0 Å². The third-order valence-corrected chi connectivity index (χ3v) is 4.09. The van der Waals surface area contributed by atoms with Gasteiger partial charge in [0.1, 0.15) is 0 Å². The molecule has 1 aromatic carbocycles. The number of piperidine rings is 1. The van der Waals surface area contributed by atoms with Crippen molar-refractivity contribution >= 4 is 11.6 Å². The van der Waals surface area contributed by atoms with Crippen molar-refractivity contribution in [2.45, 2.75) is 31.5 Å². The van der Waals surface area contributed by atoms with E-state index in [1.165, 1.54) is 0 Å². The van der Waals surface area contributed by atoms with Crippen LogP contribution >= 0.6 is 11.6 Å². The summed E-state index contributed by atoms with van der Waals surface area (Å²) in [5.74, 6) is 0. The summed E-state index contributed by atoms with van der Waals surface area (Å²) in [4.78, 5) is 2.26. The van der Waals surface area contributed by atoms with E-state index in [1.807, 2.05) is 24.3 Å². The van der Waals surface area contributed by atoms with Gasteiger partial charge in [0.25, 0.3) is 0 Å². The summed E-state index contributed by atoms with van der Waals surface area (Å²) in [5.41, 5.74) is 0.865. The third-order valence-electron chi connectivity index (χ3n) is 3.86. The highest BCUT2D eigenvalue weighted by Gasteiger charge is 2.21. The molecule has 0 aromatic heterocycles. The zero-order valence-corrected chi connectivity index (χ0v) is 13.0.